The maximum atomic E-state index is 12.3. The van der Waals surface area contributed by atoms with Crippen LogP contribution >= 0.6 is 11.3 Å². The Balaban J connectivity index is 1.90. The van der Waals surface area contributed by atoms with E-state index in [1.54, 1.807) is 17.5 Å². The highest BCUT2D eigenvalue weighted by Crippen LogP contribution is 2.24. The molecule has 1 aromatic heterocycles. The number of ether oxygens (including phenoxy) is 2. The van der Waals surface area contributed by atoms with Crippen LogP contribution in [0.5, 0.6) is 0 Å². The molecule has 0 N–H and O–H groups in total. The van der Waals surface area contributed by atoms with Crippen LogP contribution in [-0.4, -0.2) is 40.8 Å². The quantitative estimate of drug-likeness (QED) is 0.839. The lowest BCUT2D eigenvalue weighted by atomic mass is 10.0. The number of rotatable bonds is 4. The first-order chi connectivity index (χ1) is 10.4. The summed E-state index contributed by atoms with van der Waals surface area (Å²) in [6.07, 6.45) is 4.62. The van der Waals surface area contributed by atoms with Gasteiger partial charge in [-0.05, 0) is 47.0 Å². The second kappa shape index (κ2) is 7.42. The van der Waals surface area contributed by atoms with Crippen molar-refractivity contribution >= 4 is 17.4 Å². The molecule has 2 heterocycles. The predicted octanol–water partition coefficient (Wildman–Crippen LogP) is 4.01. The van der Waals surface area contributed by atoms with E-state index in [1.165, 1.54) is 0 Å². The van der Waals surface area contributed by atoms with Crippen LogP contribution in [0.1, 0.15) is 58.1 Å². The molecule has 0 spiro atoms. The van der Waals surface area contributed by atoms with Crippen molar-refractivity contribution in [1.29, 1.82) is 0 Å². The minimum atomic E-state index is -0.464. The molecule has 0 aliphatic carbocycles. The molecule has 6 heteroatoms. The van der Waals surface area contributed by atoms with Crippen LogP contribution < -0.4 is 0 Å². The second-order valence-electron chi connectivity index (χ2n) is 6.67. The molecule has 1 saturated heterocycles. The Kier molecular flexibility index (Phi) is 5.81. The minimum Gasteiger partial charge on any atom is -0.444 e. The fraction of sp³-hybridized carbons (Fsp3) is 0.750. The summed E-state index contributed by atoms with van der Waals surface area (Å²) >= 11 is 1.59. The molecule has 1 fully saturated rings. The van der Waals surface area contributed by atoms with Gasteiger partial charge in [0.1, 0.15) is 16.7 Å². The third-order valence-corrected chi connectivity index (χ3v) is 4.53. The number of nitrogens with zero attached hydrogens (tertiary/aromatic N) is 2. The SMILES string of the molecule is C[C@@H](OC[C@H]1CCCCN1C(=O)OC(C)(C)C)c1nccs1. The molecule has 22 heavy (non-hydrogen) atoms. The Hall–Kier alpha value is -1.14. The molecule has 1 aliphatic heterocycles. The Labute approximate surface area is 136 Å². The van der Waals surface area contributed by atoms with E-state index < -0.39 is 5.60 Å². The summed E-state index contributed by atoms with van der Waals surface area (Å²) in [5.74, 6) is 0. The van der Waals surface area contributed by atoms with Gasteiger partial charge in [0.05, 0.1) is 12.6 Å². The zero-order valence-electron chi connectivity index (χ0n) is 13.9. The number of carbonyl (C=O) groups excluding carboxylic acids is 1. The summed E-state index contributed by atoms with van der Waals surface area (Å²) in [7, 11) is 0. The van der Waals surface area contributed by atoms with Crippen molar-refractivity contribution in [3.05, 3.63) is 16.6 Å². The van der Waals surface area contributed by atoms with Crippen molar-refractivity contribution in [1.82, 2.24) is 9.88 Å². The molecule has 2 atom stereocenters. The molecule has 0 bridgehead atoms. The molecular formula is C16H26N2O3S. The topological polar surface area (TPSA) is 51.7 Å². The maximum absolute atomic E-state index is 12.3. The molecule has 2 rings (SSSR count). The fourth-order valence-electron chi connectivity index (χ4n) is 2.50. The largest absolute Gasteiger partial charge is 0.444 e. The average Bonchev–Trinajstić information content (AvgIpc) is 2.97. The lowest BCUT2D eigenvalue weighted by molar-refractivity contribution is -0.0211. The van der Waals surface area contributed by atoms with Gasteiger partial charge in [0.15, 0.2) is 0 Å². The van der Waals surface area contributed by atoms with E-state index in [-0.39, 0.29) is 18.2 Å². The summed E-state index contributed by atoms with van der Waals surface area (Å²) in [6.45, 7) is 8.95. The standard InChI is InChI=1S/C16H26N2O3S/c1-12(14-17-8-10-22-14)20-11-13-7-5-6-9-18(13)15(19)21-16(2,3)4/h8,10,12-13H,5-7,9,11H2,1-4H3/t12-,13-/m1/s1. The van der Waals surface area contributed by atoms with Crippen molar-refractivity contribution in [2.45, 2.75) is 64.7 Å². The summed E-state index contributed by atoms with van der Waals surface area (Å²) in [5.41, 5.74) is -0.464. The lowest BCUT2D eigenvalue weighted by Crippen LogP contribution is -2.48. The van der Waals surface area contributed by atoms with Crippen molar-refractivity contribution in [2.75, 3.05) is 13.2 Å². The van der Waals surface area contributed by atoms with Crippen LogP contribution in [0, 0.1) is 0 Å². The van der Waals surface area contributed by atoms with E-state index in [0.717, 1.165) is 30.8 Å². The Morgan fingerprint density at radius 2 is 2.27 bits per heavy atom. The van der Waals surface area contributed by atoms with Crippen molar-refractivity contribution in [3.8, 4) is 0 Å². The number of piperidine rings is 1. The summed E-state index contributed by atoms with van der Waals surface area (Å²) < 4.78 is 11.4. The number of hydrogen-bond donors (Lipinski definition) is 0. The number of likely N-dealkylation sites (tertiary alicyclic amines) is 1. The van der Waals surface area contributed by atoms with Crippen molar-refractivity contribution < 1.29 is 14.3 Å². The number of amides is 1. The molecule has 1 aliphatic rings. The van der Waals surface area contributed by atoms with Crippen molar-refractivity contribution in [3.63, 3.8) is 0 Å². The number of carbonyl (C=O) groups is 1. The molecule has 124 valence electrons. The molecule has 5 nitrogen and oxygen atoms in total. The Morgan fingerprint density at radius 1 is 1.50 bits per heavy atom. The molecule has 0 unspecified atom stereocenters. The molecule has 1 amide bonds. The molecular weight excluding hydrogens is 300 g/mol. The third kappa shape index (κ3) is 4.95. The maximum Gasteiger partial charge on any atom is 0.410 e. The van der Waals surface area contributed by atoms with Crippen LogP contribution in [0.15, 0.2) is 11.6 Å². The Morgan fingerprint density at radius 3 is 2.91 bits per heavy atom. The summed E-state index contributed by atoms with van der Waals surface area (Å²) in [4.78, 5) is 18.4. The van der Waals surface area contributed by atoms with Gasteiger partial charge in [-0.25, -0.2) is 9.78 Å². The number of aromatic nitrogens is 1. The van der Waals surface area contributed by atoms with Gasteiger partial charge in [0.2, 0.25) is 0 Å². The molecule has 0 aromatic carbocycles. The minimum absolute atomic E-state index is 0.0394. The van der Waals surface area contributed by atoms with Gasteiger partial charge < -0.3 is 14.4 Å². The lowest BCUT2D eigenvalue weighted by Gasteiger charge is -2.36. The zero-order valence-corrected chi connectivity index (χ0v) is 14.7. The first kappa shape index (κ1) is 17.2. The van der Waals surface area contributed by atoms with Gasteiger partial charge in [-0.15, -0.1) is 11.3 Å². The van der Waals surface area contributed by atoms with E-state index >= 15 is 0 Å². The second-order valence-corrected chi connectivity index (χ2v) is 7.60. The highest BCUT2D eigenvalue weighted by atomic mass is 32.1. The third-order valence-electron chi connectivity index (χ3n) is 3.59. The van der Waals surface area contributed by atoms with E-state index in [2.05, 4.69) is 4.98 Å². The van der Waals surface area contributed by atoms with E-state index in [4.69, 9.17) is 9.47 Å². The molecule has 0 radical (unpaired) electrons. The van der Waals surface area contributed by atoms with Crippen LogP contribution in [0.4, 0.5) is 4.79 Å². The predicted molar refractivity (Wildman–Crippen MR) is 87.1 cm³/mol. The molecule has 0 saturated carbocycles. The first-order valence-corrected chi connectivity index (χ1v) is 8.75. The zero-order chi connectivity index (χ0) is 16.2. The monoisotopic (exact) mass is 326 g/mol. The number of hydrogen-bond acceptors (Lipinski definition) is 5. The van der Waals surface area contributed by atoms with Crippen molar-refractivity contribution in [2.24, 2.45) is 0 Å². The molecule has 1 aromatic rings. The highest BCUT2D eigenvalue weighted by Gasteiger charge is 2.31. The van der Waals surface area contributed by atoms with Crippen LogP contribution in [0.25, 0.3) is 0 Å². The number of thiazole rings is 1. The fourth-order valence-corrected chi connectivity index (χ4v) is 3.14. The van der Waals surface area contributed by atoms with E-state index in [0.29, 0.717) is 6.61 Å². The van der Waals surface area contributed by atoms with Gasteiger partial charge in [-0.1, -0.05) is 0 Å². The van der Waals surface area contributed by atoms with Crippen LogP contribution in [0.2, 0.25) is 0 Å². The van der Waals surface area contributed by atoms with Crippen LogP contribution in [0.3, 0.4) is 0 Å². The highest BCUT2D eigenvalue weighted by molar-refractivity contribution is 7.09. The smallest absolute Gasteiger partial charge is 0.410 e. The Bertz CT molecular complexity index is 470. The van der Waals surface area contributed by atoms with Gasteiger partial charge in [0, 0.05) is 18.1 Å². The van der Waals surface area contributed by atoms with Crippen LogP contribution in [-0.2, 0) is 9.47 Å². The van der Waals surface area contributed by atoms with E-state index in [1.807, 2.05) is 38.0 Å². The summed E-state index contributed by atoms with van der Waals surface area (Å²) in [5, 5.41) is 2.92. The first-order valence-electron chi connectivity index (χ1n) is 7.87. The van der Waals surface area contributed by atoms with E-state index in [9.17, 15) is 4.79 Å². The normalized spacial score (nSPS) is 20.7. The van der Waals surface area contributed by atoms with Gasteiger partial charge in [-0.3, -0.25) is 0 Å². The van der Waals surface area contributed by atoms with Gasteiger partial charge in [0.25, 0.3) is 0 Å². The average molecular weight is 326 g/mol. The summed E-state index contributed by atoms with van der Waals surface area (Å²) in [6, 6.07) is 0.0889. The van der Waals surface area contributed by atoms with Gasteiger partial charge >= 0.3 is 6.09 Å². The van der Waals surface area contributed by atoms with Gasteiger partial charge in [-0.2, -0.15) is 0 Å².